The average Bonchev–Trinajstić information content (AvgIpc) is 2.96. The number of methoxy groups -OCH3 is 2. The maximum atomic E-state index is 12.1. The molecule has 0 aliphatic rings. The van der Waals surface area contributed by atoms with Crippen LogP contribution < -0.4 is 20.1 Å². The second-order valence-electron chi connectivity index (χ2n) is 5.14. The zero-order valence-electron chi connectivity index (χ0n) is 13.5. The Morgan fingerprint density at radius 1 is 1.04 bits per heavy atom. The molecule has 0 atom stereocenters. The first kappa shape index (κ1) is 16.1. The summed E-state index contributed by atoms with van der Waals surface area (Å²) in [5.74, 6) is 1.23. The van der Waals surface area contributed by atoms with E-state index in [1.807, 2.05) is 37.3 Å². The quantitative estimate of drug-likeness (QED) is 0.742. The fourth-order valence-electron chi connectivity index (χ4n) is 2.20. The Morgan fingerprint density at radius 3 is 2.38 bits per heavy atom. The molecule has 2 N–H and O–H groups in total. The van der Waals surface area contributed by atoms with E-state index in [4.69, 9.17) is 9.47 Å². The number of hydrogen-bond acceptors (Lipinski definition) is 5. The summed E-state index contributed by atoms with van der Waals surface area (Å²) in [5.41, 5.74) is 2.60. The lowest BCUT2D eigenvalue weighted by Gasteiger charge is -2.05. The lowest BCUT2D eigenvalue weighted by Crippen LogP contribution is -2.19. The van der Waals surface area contributed by atoms with Gasteiger partial charge in [0.1, 0.15) is 0 Å². The van der Waals surface area contributed by atoms with Gasteiger partial charge in [-0.15, -0.1) is 0 Å². The minimum atomic E-state index is -0.336. The first-order chi connectivity index (χ1) is 11.6. The van der Waals surface area contributed by atoms with E-state index in [1.54, 1.807) is 20.3 Å². The Kier molecular flexibility index (Phi) is 4.52. The smallest absolute Gasteiger partial charge is 0.325 e. The lowest BCUT2D eigenvalue weighted by molar-refractivity contribution is 0.262. The van der Waals surface area contributed by atoms with Crippen molar-refractivity contribution in [3.63, 3.8) is 0 Å². The second-order valence-corrected chi connectivity index (χ2v) is 6.17. The summed E-state index contributed by atoms with van der Waals surface area (Å²) in [6, 6.07) is 10.9. The van der Waals surface area contributed by atoms with Gasteiger partial charge in [-0.25, -0.2) is 9.78 Å². The molecule has 0 fully saturated rings. The topological polar surface area (TPSA) is 72.5 Å². The van der Waals surface area contributed by atoms with Crippen LogP contribution in [0.5, 0.6) is 11.5 Å². The SMILES string of the molecule is COc1cc2nc(NC(=O)Nc3ccc(C)cc3)sc2cc1OC. The number of anilines is 2. The van der Waals surface area contributed by atoms with Crippen molar-refractivity contribution in [1.29, 1.82) is 0 Å². The molecule has 7 heteroatoms. The summed E-state index contributed by atoms with van der Waals surface area (Å²) in [5, 5.41) is 6.02. The van der Waals surface area contributed by atoms with Crippen LogP contribution in [0.4, 0.5) is 15.6 Å². The summed E-state index contributed by atoms with van der Waals surface area (Å²) >= 11 is 1.37. The van der Waals surface area contributed by atoms with E-state index in [0.29, 0.717) is 16.6 Å². The molecule has 0 aliphatic carbocycles. The number of urea groups is 1. The van der Waals surface area contributed by atoms with Gasteiger partial charge in [-0.2, -0.15) is 0 Å². The molecule has 124 valence electrons. The molecule has 3 aromatic rings. The summed E-state index contributed by atoms with van der Waals surface area (Å²) < 4.78 is 11.4. The number of amides is 2. The fraction of sp³-hybridized carbons (Fsp3) is 0.176. The molecule has 1 aromatic heterocycles. The predicted octanol–water partition coefficient (Wildman–Crippen LogP) is 4.27. The van der Waals surface area contributed by atoms with Crippen LogP contribution in [-0.4, -0.2) is 25.2 Å². The fourth-order valence-corrected chi connectivity index (χ4v) is 3.08. The highest BCUT2D eigenvalue weighted by Gasteiger charge is 2.12. The van der Waals surface area contributed by atoms with Gasteiger partial charge in [-0.1, -0.05) is 29.0 Å². The molecule has 0 saturated carbocycles. The van der Waals surface area contributed by atoms with Gasteiger partial charge >= 0.3 is 6.03 Å². The largest absolute Gasteiger partial charge is 0.493 e. The van der Waals surface area contributed by atoms with Gasteiger partial charge in [0.2, 0.25) is 0 Å². The molecular formula is C17H17N3O3S. The van der Waals surface area contributed by atoms with Crippen molar-refractivity contribution < 1.29 is 14.3 Å². The van der Waals surface area contributed by atoms with E-state index in [9.17, 15) is 4.79 Å². The first-order valence-corrected chi connectivity index (χ1v) is 8.08. The number of rotatable bonds is 4. The third kappa shape index (κ3) is 3.41. The monoisotopic (exact) mass is 343 g/mol. The minimum Gasteiger partial charge on any atom is -0.493 e. The number of nitrogens with zero attached hydrogens (tertiary/aromatic N) is 1. The van der Waals surface area contributed by atoms with E-state index < -0.39 is 0 Å². The van der Waals surface area contributed by atoms with Gasteiger partial charge in [0.25, 0.3) is 0 Å². The standard InChI is InChI=1S/C17H17N3O3S/c1-10-4-6-11(7-5-10)18-16(21)20-17-19-12-8-13(22-2)14(23-3)9-15(12)24-17/h4-9H,1-3H3,(H2,18,19,20,21). The summed E-state index contributed by atoms with van der Waals surface area (Å²) in [4.78, 5) is 16.5. The van der Waals surface area contributed by atoms with Crippen LogP contribution in [0.25, 0.3) is 10.2 Å². The van der Waals surface area contributed by atoms with Crippen LogP contribution in [0.3, 0.4) is 0 Å². The van der Waals surface area contributed by atoms with Crippen LogP contribution in [0, 0.1) is 6.92 Å². The van der Waals surface area contributed by atoms with Crippen LogP contribution in [-0.2, 0) is 0 Å². The van der Waals surface area contributed by atoms with Gasteiger partial charge < -0.3 is 14.8 Å². The van der Waals surface area contributed by atoms with Crippen LogP contribution in [0.15, 0.2) is 36.4 Å². The molecule has 0 aliphatic heterocycles. The second kappa shape index (κ2) is 6.76. The van der Waals surface area contributed by atoms with Gasteiger partial charge in [0.15, 0.2) is 16.6 Å². The van der Waals surface area contributed by atoms with Crippen LogP contribution in [0.1, 0.15) is 5.56 Å². The number of aryl methyl sites for hydroxylation is 1. The number of carbonyl (C=O) groups is 1. The number of ether oxygens (including phenoxy) is 2. The number of aromatic nitrogens is 1. The van der Waals surface area contributed by atoms with Crippen molar-refractivity contribution >= 4 is 38.4 Å². The zero-order valence-corrected chi connectivity index (χ0v) is 14.4. The Labute approximate surface area is 143 Å². The predicted molar refractivity (Wildman–Crippen MR) is 96.5 cm³/mol. The number of benzene rings is 2. The van der Waals surface area contributed by atoms with Crippen molar-refractivity contribution in [2.75, 3.05) is 24.9 Å². The Hall–Kier alpha value is -2.80. The number of thiazole rings is 1. The van der Waals surface area contributed by atoms with Gasteiger partial charge in [0.05, 0.1) is 24.4 Å². The normalized spacial score (nSPS) is 10.5. The molecule has 2 aromatic carbocycles. The zero-order chi connectivity index (χ0) is 17.1. The molecule has 0 radical (unpaired) electrons. The molecule has 24 heavy (non-hydrogen) atoms. The van der Waals surface area contributed by atoms with Gasteiger partial charge in [-0.3, -0.25) is 5.32 Å². The van der Waals surface area contributed by atoms with E-state index in [2.05, 4.69) is 15.6 Å². The Morgan fingerprint density at radius 2 is 1.71 bits per heavy atom. The maximum absolute atomic E-state index is 12.1. The molecule has 3 rings (SSSR count). The van der Waals surface area contributed by atoms with Crippen molar-refractivity contribution in [3.05, 3.63) is 42.0 Å². The molecule has 0 unspecified atom stereocenters. The van der Waals surface area contributed by atoms with Gasteiger partial charge in [-0.05, 0) is 19.1 Å². The van der Waals surface area contributed by atoms with Gasteiger partial charge in [0, 0.05) is 17.8 Å². The van der Waals surface area contributed by atoms with Crippen LogP contribution >= 0.6 is 11.3 Å². The minimum absolute atomic E-state index is 0.336. The number of nitrogens with one attached hydrogen (secondary N) is 2. The average molecular weight is 343 g/mol. The summed E-state index contributed by atoms with van der Waals surface area (Å²) in [6.45, 7) is 1.99. The molecule has 1 heterocycles. The van der Waals surface area contributed by atoms with Crippen molar-refractivity contribution in [3.8, 4) is 11.5 Å². The summed E-state index contributed by atoms with van der Waals surface area (Å²) in [7, 11) is 3.16. The van der Waals surface area contributed by atoms with Crippen molar-refractivity contribution in [2.45, 2.75) is 6.92 Å². The number of fused-ring (bicyclic) bond motifs is 1. The molecule has 0 bridgehead atoms. The highest BCUT2D eigenvalue weighted by molar-refractivity contribution is 7.22. The van der Waals surface area contributed by atoms with E-state index in [1.165, 1.54) is 11.3 Å². The van der Waals surface area contributed by atoms with E-state index >= 15 is 0 Å². The van der Waals surface area contributed by atoms with E-state index in [-0.39, 0.29) is 6.03 Å². The van der Waals surface area contributed by atoms with E-state index in [0.717, 1.165) is 21.5 Å². The molecular weight excluding hydrogens is 326 g/mol. The molecule has 6 nitrogen and oxygen atoms in total. The maximum Gasteiger partial charge on any atom is 0.325 e. The third-order valence-corrected chi connectivity index (χ3v) is 4.36. The number of hydrogen-bond donors (Lipinski definition) is 2. The lowest BCUT2D eigenvalue weighted by atomic mass is 10.2. The Bertz CT molecular complexity index is 834. The first-order valence-electron chi connectivity index (χ1n) is 7.26. The van der Waals surface area contributed by atoms with Crippen LogP contribution in [0.2, 0.25) is 0 Å². The van der Waals surface area contributed by atoms with Crippen molar-refractivity contribution in [2.24, 2.45) is 0 Å². The Balaban J connectivity index is 1.77. The molecule has 0 spiro atoms. The molecule has 0 saturated heterocycles. The summed E-state index contributed by atoms with van der Waals surface area (Å²) in [6.07, 6.45) is 0. The van der Waals surface area contributed by atoms with Crippen molar-refractivity contribution in [1.82, 2.24) is 4.98 Å². The number of carbonyl (C=O) groups excluding carboxylic acids is 1. The third-order valence-electron chi connectivity index (χ3n) is 3.42. The highest BCUT2D eigenvalue weighted by atomic mass is 32.1. The molecule has 2 amide bonds. The highest BCUT2D eigenvalue weighted by Crippen LogP contribution is 2.36.